The summed E-state index contributed by atoms with van der Waals surface area (Å²) in [5.74, 6) is -0.0214. The van der Waals surface area contributed by atoms with E-state index in [1.165, 1.54) is 0 Å². The number of amides is 1. The van der Waals surface area contributed by atoms with E-state index in [9.17, 15) is 4.79 Å². The fourth-order valence-corrected chi connectivity index (χ4v) is 2.92. The van der Waals surface area contributed by atoms with Crippen molar-refractivity contribution in [1.82, 2.24) is 15.1 Å². The fourth-order valence-electron chi connectivity index (χ4n) is 2.63. The molecule has 19 heavy (non-hydrogen) atoms. The van der Waals surface area contributed by atoms with Gasteiger partial charge in [0.2, 0.25) is 5.91 Å². The molecular weight excluding hydrogens is 260 g/mol. The van der Waals surface area contributed by atoms with E-state index >= 15 is 0 Å². The van der Waals surface area contributed by atoms with Gasteiger partial charge in [0.1, 0.15) is 0 Å². The normalized spacial score (nSPS) is 17.9. The molecule has 1 aromatic rings. The Bertz CT molecular complexity index is 438. The number of nitrogens with zero attached hydrogens (tertiary/aromatic N) is 2. The van der Waals surface area contributed by atoms with Crippen molar-refractivity contribution in [2.24, 2.45) is 11.1 Å². The Labute approximate surface area is 118 Å². The van der Waals surface area contributed by atoms with E-state index in [1.807, 2.05) is 12.3 Å². The SMILES string of the molecule is NC(=S)C1(C(=O)NCCn2cccn2)CCCCC1. The first-order valence-electron chi connectivity index (χ1n) is 6.71. The second-order valence-electron chi connectivity index (χ2n) is 5.03. The smallest absolute Gasteiger partial charge is 0.233 e. The van der Waals surface area contributed by atoms with Gasteiger partial charge in [0.05, 0.1) is 16.9 Å². The third kappa shape index (κ3) is 3.12. The van der Waals surface area contributed by atoms with E-state index in [2.05, 4.69) is 10.4 Å². The minimum atomic E-state index is -0.627. The monoisotopic (exact) mass is 280 g/mol. The van der Waals surface area contributed by atoms with Gasteiger partial charge in [-0.15, -0.1) is 0 Å². The number of rotatable bonds is 5. The first kappa shape index (κ1) is 14.0. The highest BCUT2D eigenvalue weighted by Gasteiger charge is 2.42. The van der Waals surface area contributed by atoms with Gasteiger partial charge in [-0.25, -0.2) is 0 Å². The predicted octanol–water partition coefficient (Wildman–Crippen LogP) is 1.24. The lowest BCUT2D eigenvalue weighted by molar-refractivity contribution is -0.128. The predicted molar refractivity (Wildman–Crippen MR) is 77.5 cm³/mol. The molecule has 0 radical (unpaired) electrons. The molecule has 0 aliphatic heterocycles. The molecule has 5 nitrogen and oxygen atoms in total. The Morgan fingerprint density at radius 1 is 1.42 bits per heavy atom. The van der Waals surface area contributed by atoms with Crippen LogP contribution >= 0.6 is 12.2 Å². The van der Waals surface area contributed by atoms with Crippen LogP contribution in [0.1, 0.15) is 32.1 Å². The third-order valence-corrected chi connectivity index (χ3v) is 4.19. The van der Waals surface area contributed by atoms with Crippen LogP contribution < -0.4 is 11.1 Å². The number of aromatic nitrogens is 2. The topological polar surface area (TPSA) is 72.9 Å². The van der Waals surface area contributed by atoms with Gasteiger partial charge < -0.3 is 11.1 Å². The average molecular weight is 280 g/mol. The molecule has 1 saturated carbocycles. The lowest BCUT2D eigenvalue weighted by Gasteiger charge is -2.34. The lowest BCUT2D eigenvalue weighted by atomic mass is 9.73. The summed E-state index contributed by atoms with van der Waals surface area (Å²) in [5.41, 5.74) is 5.20. The van der Waals surface area contributed by atoms with Gasteiger partial charge in [-0.2, -0.15) is 5.10 Å². The molecule has 0 spiro atoms. The molecule has 0 aromatic carbocycles. The third-order valence-electron chi connectivity index (χ3n) is 3.80. The zero-order chi connectivity index (χ0) is 13.7. The molecule has 0 saturated heterocycles. The summed E-state index contributed by atoms with van der Waals surface area (Å²) >= 11 is 5.13. The Kier molecular flexibility index (Phi) is 4.52. The fraction of sp³-hybridized carbons (Fsp3) is 0.615. The molecule has 0 bridgehead atoms. The molecule has 6 heteroatoms. The summed E-state index contributed by atoms with van der Waals surface area (Å²) in [7, 11) is 0. The summed E-state index contributed by atoms with van der Waals surface area (Å²) in [5, 5.41) is 7.04. The largest absolute Gasteiger partial charge is 0.392 e. The summed E-state index contributed by atoms with van der Waals surface area (Å²) < 4.78 is 1.79. The molecule has 104 valence electrons. The van der Waals surface area contributed by atoms with E-state index in [0.717, 1.165) is 32.1 Å². The molecular formula is C13H20N4OS. The number of hydrogen-bond acceptors (Lipinski definition) is 3. The van der Waals surface area contributed by atoms with Gasteiger partial charge in [0, 0.05) is 18.9 Å². The van der Waals surface area contributed by atoms with Crippen LogP contribution in [0.2, 0.25) is 0 Å². The molecule has 1 aliphatic carbocycles. The average Bonchev–Trinajstić information content (AvgIpc) is 2.92. The Morgan fingerprint density at radius 3 is 2.74 bits per heavy atom. The Morgan fingerprint density at radius 2 is 2.16 bits per heavy atom. The van der Waals surface area contributed by atoms with Crippen molar-refractivity contribution in [3.05, 3.63) is 18.5 Å². The maximum Gasteiger partial charge on any atom is 0.233 e. The van der Waals surface area contributed by atoms with Crippen LogP contribution in [0.15, 0.2) is 18.5 Å². The van der Waals surface area contributed by atoms with Crippen LogP contribution in [0.3, 0.4) is 0 Å². The summed E-state index contributed by atoms with van der Waals surface area (Å²) in [6.07, 6.45) is 8.33. The lowest BCUT2D eigenvalue weighted by Crippen LogP contribution is -2.50. The zero-order valence-corrected chi connectivity index (χ0v) is 11.8. The van der Waals surface area contributed by atoms with Gasteiger partial charge in [-0.05, 0) is 18.9 Å². The quantitative estimate of drug-likeness (QED) is 0.796. The van der Waals surface area contributed by atoms with E-state index in [1.54, 1.807) is 10.9 Å². The van der Waals surface area contributed by atoms with Gasteiger partial charge in [-0.1, -0.05) is 31.5 Å². The summed E-state index contributed by atoms with van der Waals surface area (Å²) in [4.78, 5) is 12.7. The van der Waals surface area contributed by atoms with Crippen LogP contribution in [0.4, 0.5) is 0 Å². The summed E-state index contributed by atoms with van der Waals surface area (Å²) in [6.45, 7) is 1.21. The minimum Gasteiger partial charge on any atom is -0.392 e. The highest BCUT2D eigenvalue weighted by molar-refractivity contribution is 7.80. The molecule has 3 N–H and O–H groups in total. The molecule has 1 aromatic heterocycles. The molecule has 0 atom stereocenters. The maximum atomic E-state index is 12.4. The second kappa shape index (κ2) is 6.14. The highest BCUT2D eigenvalue weighted by Crippen LogP contribution is 2.36. The van der Waals surface area contributed by atoms with Gasteiger partial charge >= 0.3 is 0 Å². The Balaban J connectivity index is 1.91. The molecule has 2 rings (SSSR count). The highest BCUT2D eigenvalue weighted by atomic mass is 32.1. The van der Waals surface area contributed by atoms with E-state index in [-0.39, 0.29) is 5.91 Å². The number of carbonyl (C=O) groups excluding carboxylic acids is 1. The number of nitrogens with one attached hydrogen (secondary N) is 1. The van der Waals surface area contributed by atoms with Gasteiger partial charge in [0.15, 0.2) is 0 Å². The van der Waals surface area contributed by atoms with E-state index in [4.69, 9.17) is 18.0 Å². The van der Waals surface area contributed by atoms with E-state index < -0.39 is 5.41 Å². The second-order valence-corrected chi connectivity index (χ2v) is 5.47. The molecule has 1 fully saturated rings. The van der Waals surface area contributed by atoms with Crippen LogP contribution in [0, 0.1) is 5.41 Å². The van der Waals surface area contributed by atoms with Crippen LogP contribution in [0.25, 0.3) is 0 Å². The molecule has 1 heterocycles. The van der Waals surface area contributed by atoms with Crippen LogP contribution in [0.5, 0.6) is 0 Å². The number of hydrogen-bond donors (Lipinski definition) is 2. The number of carbonyl (C=O) groups is 1. The minimum absolute atomic E-state index is 0.0214. The van der Waals surface area contributed by atoms with Crippen molar-refractivity contribution in [3.63, 3.8) is 0 Å². The van der Waals surface area contributed by atoms with Crippen LogP contribution in [-0.2, 0) is 11.3 Å². The Hall–Kier alpha value is -1.43. The maximum absolute atomic E-state index is 12.4. The van der Waals surface area contributed by atoms with Crippen molar-refractivity contribution in [2.75, 3.05) is 6.54 Å². The number of nitrogens with two attached hydrogens (primary N) is 1. The molecule has 1 aliphatic rings. The van der Waals surface area contributed by atoms with Crippen molar-refractivity contribution >= 4 is 23.1 Å². The van der Waals surface area contributed by atoms with Crippen molar-refractivity contribution in [1.29, 1.82) is 0 Å². The van der Waals surface area contributed by atoms with Crippen molar-refractivity contribution in [3.8, 4) is 0 Å². The number of thiocarbonyl (C=S) groups is 1. The standard InChI is InChI=1S/C13H20N4OS/c14-11(19)13(5-2-1-3-6-13)12(18)15-8-10-17-9-4-7-16-17/h4,7,9H,1-3,5-6,8,10H2,(H2,14,19)(H,15,18). The van der Waals surface area contributed by atoms with Gasteiger partial charge in [-0.3, -0.25) is 9.48 Å². The first-order valence-corrected chi connectivity index (χ1v) is 7.12. The first-order chi connectivity index (χ1) is 9.15. The zero-order valence-electron chi connectivity index (χ0n) is 11.0. The molecule has 1 amide bonds. The van der Waals surface area contributed by atoms with Gasteiger partial charge in [0.25, 0.3) is 0 Å². The van der Waals surface area contributed by atoms with E-state index in [0.29, 0.717) is 18.1 Å². The summed E-state index contributed by atoms with van der Waals surface area (Å²) in [6, 6.07) is 1.86. The van der Waals surface area contributed by atoms with Crippen molar-refractivity contribution < 1.29 is 4.79 Å². The van der Waals surface area contributed by atoms with Crippen LogP contribution in [-0.4, -0.2) is 27.2 Å². The molecule has 0 unspecified atom stereocenters. The van der Waals surface area contributed by atoms with Crippen molar-refractivity contribution in [2.45, 2.75) is 38.6 Å².